The van der Waals surface area contributed by atoms with Crippen molar-refractivity contribution in [2.45, 2.75) is 39.2 Å². The van der Waals surface area contributed by atoms with E-state index in [-0.39, 0.29) is 6.04 Å². The molecular weight excluding hydrogens is 310 g/mol. The van der Waals surface area contributed by atoms with Crippen molar-refractivity contribution in [3.8, 4) is 0 Å². The summed E-state index contributed by atoms with van der Waals surface area (Å²) in [5.41, 5.74) is 7.63. The van der Waals surface area contributed by atoms with Crippen molar-refractivity contribution in [2.75, 3.05) is 0 Å². The van der Waals surface area contributed by atoms with Crippen molar-refractivity contribution in [2.24, 2.45) is 23.5 Å². The van der Waals surface area contributed by atoms with Crippen LogP contribution in [0.25, 0.3) is 0 Å². The van der Waals surface area contributed by atoms with Crippen molar-refractivity contribution in [3.05, 3.63) is 33.3 Å². The highest BCUT2D eigenvalue weighted by atomic mass is 79.9. The number of halogens is 2. The van der Waals surface area contributed by atoms with E-state index in [1.165, 1.54) is 24.8 Å². The minimum atomic E-state index is 0.133. The van der Waals surface area contributed by atoms with E-state index in [4.69, 9.17) is 17.3 Å². The van der Waals surface area contributed by atoms with Crippen molar-refractivity contribution in [1.82, 2.24) is 0 Å². The fraction of sp³-hybridized carbons (Fsp3) is 0.600. The Hall–Kier alpha value is -0.0500. The minimum Gasteiger partial charge on any atom is -0.324 e. The molecule has 1 fully saturated rings. The molecule has 0 saturated heterocycles. The van der Waals surface area contributed by atoms with Gasteiger partial charge in [-0.15, -0.1) is 0 Å². The predicted molar refractivity (Wildman–Crippen MR) is 81.7 cm³/mol. The van der Waals surface area contributed by atoms with Gasteiger partial charge < -0.3 is 5.73 Å². The summed E-state index contributed by atoms with van der Waals surface area (Å²) in [7, 11) is 0. The van der Waals surface area contributed by atoms with E-state index < -0.39 is 0 Å². The summed E-state index contributed by atoms with van der Waals surface area (Å²) in [6, 6.07) is 6.18. The first-order valence-electron chi connectivity index (χ1n) is 6.69. The monoisotopic (exact) mass is 329 g/mol. The highest BCUT2D eigenvalue weighted by Crippen LogP contribution is 2.39. The third kappa shape index (κ3) is 3.09. The fourth-order valence-corrected chi connectivity index (χ4v) is 3.42. The van der Waals surface area contributed by atoms with Gasteiger partial charge in [-0.05, 0) is 64.2 Å². The number of hydrogen-bond acceptors (Lipinski definition) is 1. The summed E-state index contributed by atoms with van der Waals surface area (Å²) in [4.78, 5) is 0. The van der Waals surface area contributed by atoms with Crippen LogP contribution in [-0.2, 0) is 0 Å². The molecule has 0 radical (unpaired) electrons. The van der Waals surface area contributed by atoms with Crippen LogP contribution in [0.1, 0.15) is 44.7 Å². The maximum atomic E-state index is 6.43. The van der Waals surface area contributed by atoms with Crippen LogP contribution in [0.15, 0.2) is 22.7 Å². The minimum absolute atomic E-state index is 0.133. The first-order chi connectivity index (χ1) is 8.49. The lowest BCUT2D eigenvalue weighted by Gasteiger charge is -2.35. The average Bonchev–Trinajstić information content (AvgIpc) is 2.35. The normalized spacial score (nSPS) is 30.2. The van der Waals surface area contributed by atoms with Crippen LogP contribution in [0.3, 0.4) is 0 Å². The highest BCUT2D eigenvalue weighted by Gasteiger charge is 2.29. The second-order valence-electron chi connectivity index (χ2n) is 5.73. The van der Waals surface area contributed by atoms with Crippen LogP contribution in [0.5, 0.6) is 0 Å². The smallest absolute Gasteiger partial charge is 0.0548 e. The largest absolute Gasteiger partial charge is 0.324 e. The number of nitrogens with two attached hydrogens (primary N) is 1. The Morgan fingerprint density at radius 2 is 2.00 bits per heavy atom. The second-order valence-corrected chi connectivity index (χ2v) is 6.99. The van der Waals surface area contributed by atoms with Gasteiger partial charge in [-0.2, -0.15) is 0 Å². The van der Waals surface area contributed by atoms with Crippen LogP contribution in [0.2, 0.25) is 5.02 Å². The molecule has 1 aliphatic carbocycles. The van der Waals surface area contributed by atoms with E-state index in [9.17, 15) is 0 Å². The highest BCUT2D eigenvalue weighted by molar-refractivity contribution is 9.10. The summed E-state index contributed by atoms with van der Waals surface area (Å²) < 4.78 is 0.939. The Morgan fingerprint density at radius 1 is 1.28 bits per heavy atom. The quantitative estimate of drug-likeness (QED) is 0.795. The van der Waals surface area contributed by atoms with Crippen molar-refractivity contribution < 1.29 is 0 Å². The average molecular weight is 331 g/mol. The maximum absolute atomic E-state index is 6.43. The second kappa shape index (κ2) is 5.94. The number of hydrogen-bond donors (Lipinski definition) is 1. The Labute approximate surface area is 123 Å². The molecule has 100 valence electrons. The Morgan fingerprint density at radius 3 is 2.61 bits per heavy atom. The van der Waals surface area contributed by atoms with E-state index >= 15 is 0 Å². The van der Waals surface area contributed by atoms with Gasteiger partial charge in [0.2, 0.25) is 0 Å². The van der Waals surface area contributed by atoms with Crippen LogP contribution < -0.4 is 5.73 Å². The van der Waals surface area contributed by atoms with Gasteiger partial charge in [0, 0.05) is 10.5 Å². The SMILES string of the molecule is CC1CCC(C(N)c2ccc(Cl)c(Br)c2)CC1C. The predicted octanol–water partition coefficient (Wildman–Crippen LogP) is 5.17. The zero-order valence-corrected chi connectivity index (χ0v) is 13.3. The van der Waals surface area contributed by atoms with E-state index in [1.54, 1.807) is 0 Å². The molecule has 4 atom stereocenters. The van der Waals surface area contributed by atoms with Gasteiger partial charge in [-0.25, -0.2) is 0 Å². The third-order valence-corrected chi connectivity index (χ3v) is 5.69. The number of benzene rings is 1. The molecule has 18 heavy (non-hydrogen) atoms. The standard InChI is InChI=1S/C15H21BrClN/c1-9-3-4-11(7-10(9)2)15(18)12-5-6-14(17)13(16)8-12/h5-6,8-11,15H,3-4,7,18H2,1-2H3. The van der Waals surface area contributed by atoms with Crippen molar-refractivity contribution in [3.63, 3.8) is 0 Å². The molecule has 1 aliphatic rings. The molecule has 3 heteroatoms. The molecule has 0 spiro atoms. The molecule has 4 unspecified atom stereocenters. The summed E-state index contributed by atoms with van der Waals surface area (Å²) >= 11 is 9.50. The molecule has 2 N–H and O–H groups in total. The summed E-state index contributed by atoms with van der Waals surface area (Å²) in [5, 5.41) is 0.747. The van der Waals surface area contributed by atoms with Gasteiger partial charge in [0.15, 0.2) is 0 Å². The summed E-state index contributed by atoms with van der Waals surface area (Å²) in [5.74, 6) is 2.22. The van der Waals surface area contributed by atoms with E-state index in [1.807, 2.05) is 6.07 Å². The maximum Gasteiger partial charge on any atom is 0.0548 e. The van der Waals surface area contributed by atoms with Gasteiger partial charge in [-0.1, -0.05) is 37.9 Å². The molecule has 1 saturated carbocycles. The van der Waals surface area contributed by atoms with Crippen LogP contribution >= 0.6 is 27.5 Å². The zero-order valence-electron chi connectivity index (χ0n) is 11.0. The van der Waals surface area contributed by atoms with E-state index in [0.717, 1.165) is 21.3 Å². The lowest BCUT2D eigenvalue weighted by molar-refractivity contribution is 0.186. The van der Waals surface area contributed by atoms with E-state index in [0.29, 0.717) is 5.92 Å². The van der Waals surface area contributed by atoms with Gasteiger partial charge >= 0.3 is 0 Å². The molecule has 0 aromatic heterocycles. The first-order valence-corrected chi connectivity index (χ1v) is 7.86. The Kier molecular flexibility index (Phi) is 4.74. The first kappa shape index (κ1) is 14.4. The summed E-state index contributed by atoms with van der Waals surface area (Å²) in [6.45, 7) is 4.70. The van der Waals surface area contributed by atoms with Crippen molar-refractivity contribution in [1.29, 1.82) is 0 Å². The lowest BCUT2D eigenvalue weighted by atomic mass is 9.72. The fourth-order valence-electron chi connectivity index (χ4n) is 2.91. The summed E-state index contributed by atoms with van der Waals surface area (Å²) in [6.07, 6.45) is 3.78. The molecule has 0 aliphatic heterocycles. The number of rotatable bonds is 2. The topological polar surface area (TPSA) is 26.0 Å². The van der Waals surface area contributed by atoms with Crippen LogP contribution in [0.4, 0.5) is 0 Å². The van der Waals surface area contributed by atoms with Crippen molar-refractivity contribution >= 4 is 27.5 Å². The van der Waals surface area contributed by atoms with Gasteiger partial charge in [0.05, 0.1) is 5.02 Å². The van der Waals surface area contributed by atoms with Gasteiger partial charge in [-0.3, -0.25) is 0 Å². The van der Waals surface area contributed by atoms with Crippen LogP contribution in [-0.4, -0.2) is 0 Å². The Bertz CT molecular complexity index is 421. The van der Waals surface area contributed by atoms with Gasteiger partial charge in [0.25, 0.3) is 0 Å². The molecule has 1 nitrogen and oxygen atoms in total. The molecule has 0 amide bonds. The zero-order chi connectivity index (χ0) is 13.3. The molecule has 0 bridgehead atoms. The molecule has 1 aromatic carbocycles. The lowest BCUT2D eigenvalue weighted by Crippen LogP contribution is -2.29. The Balaban J connectivity index is 2.11. The third-order valence-electron chi connectivity index (χ3n) is 4.48. The molecule has 2 rings (SSSR count). The molecule has 1 aromatic rings. The van der Waals surface area contributed by atoms with Gasteiger partial charge in [0.1, 0.15) is 0 Å². The van der Waals surface area contributed by atoms with E-state index in [2.05, 4.69) is 41.9 Å². The van der Waals surface area contributed by atoms with Crippen LogP contribution in [0, 0.1) is 17.8 Å². The molecule has 0 heterocycles. The molecular formula is C15H21BrClN.